The molecule has 1 aliphatic carbocycles. The Morgan fingerprint density at radius 1 is 1.19 bits per heavy atom. The molecule has 1 aliphatic heterocycles. The summed E-state index contributed by atoms with van der Waals surface area (Å²) in [6, 6.07) is 10.7. The molecule has 1 unspecified atom stereocenters. The van der Waals surface area contributed by atoms with Crippen molar-refractivity contribution in [2.45, 2.75) is 38.4 Å². The molecule has 8 heteroatoms. The van der Waals surface area contributed by atoms with Gasteiger partial charge in [0.2, 0.25) is 0 Å². The minimum Gasteiger partial charge on any atom is -0.316 e. The molecule has 2 aromatic rings. The lowest BCUT2D eigenvalue weighted by Crippen LogP contribution is -2.49. The summed E-state index contributed by atoms with van der Waals surface area (Å²) >= 11 is 0. The van der Waals surface area contributed by atoms with E-state index in [2.05, 4.69) is 11.1 Å². The van der Waals surface area contributed by atoms with Crippen molar-refractivity contribution in [1.82, 2.24) is 9.88 Å². The molecule has 0 saturated heterocycles. The molecule has 164 valence electrons. The van der Waals surface area contributed by atoms with E-state index >= 15 is 0 Å². The number of carbonyl (C=O) groups is 1. The average Bonchev–Trinajstić information content (AvgIpc) is 2.79. The standard InChI is InChI=1S/C24H21F3N4O/c1-3-16-5-4-6-19-21(16)22(17-9-7-15(14-28)8-10-17)30(2)23(32)31(19)18-11-12-29-20(13-18)24(25,26)27/h3,7-13,22H,4-6H2,1-2H3. The van der Waals surface area contributed by atoms with Crippen LogP contribution in [-0.4, -0.2) is 23.0 Å². The first kappa shape index (κ1) is 21.6. The number of nitriles is 1. The fraction of sp³-hybridized carbons (Fsp3) is 0.292. The first-order chi connectivity index (χ1) is 15.3. The van der Waals surface area contributed by atoms with E-state index in [4.69, 9.17) is 5.26 Å². The molecule has 0 N–H and O–H groups in total. The highest BCUT2D eigenvalue weighted by Crippen LogP contribution is 2.47. The van der Waals surface area contributed by atoms with Crippen molar-refractivity contribution in [3.63, 3.8) is 0 Å². The number of aromatic nitrogens is 1. The van der Waals surface area contributed by atoms with Crippen molar-refractivity contribution in [3.8, 4) is 6.07 Å². The van der Waals surface area contributed by atoms with Crippen LogP contribution in [-0.2, 0) is 6.18 Å². The van der Waals surface area contributed by atoms with E-state index in [9.17, 15) is 18.0 Å². The minimum absolute atomic E-state index is 0.146. The molecule has 0 radical (unpaired) electrons. The number of hydrogen-bond donors (Lipinski definition) is 0. The Balaban J connectivity index is 1.91. The summed E-state index contributed by atoms with van der Waals surface area (Å²) in [4.78, 5) is 19.8. The third-order valence-corrected chi connectivity index (χ3v) is 5.94. The molecule has 2 heterocycles. The van der Waals surface area contributed by atoms with Gasteiger partial charge in [0, 0.05) is 24.5 Å². The molecule has 2 amide bonds. The average molecular weight is 438 g/mol. The van der Waals surface area contributed by atoms with Gasteiger partial charge in [-0.2, -0.15) is 18.4 Å². The van der Waals surface area contributed by atoms with Gasteiger partial charge in [-0.1, -0.05) is 18.2 Å². The number of amides is 2. The highest BCUT2D eigenvalue weighted by atomic mass is 19.4. The minimum atomic E-state index is -4.61. The van der Waals surface area contributed by atoms with Crippen LogP contribution in [0.3, 0.4) is 0 Å². The van der Waals surface area contributed by atoms with Gasteiger partial charge in [0.05, 0.1) is 23.4 Å². The van der Waals surface area contributed by atoms with Gasteiger partial charge in [-0.3, -0.25) is 9.88 Å². The van der Waals surface area contributed by atoms with Crippen LogP contribution in [0.1, 0.15) is 49.0 Å². The number of rotatable bonds is 2. The second-order valence-corrected chi connectivity index (χ2v) is 7.79. The van der Waals surface area contributed by atoms with Crippen LogP contribution in [0.5, 0.6) is 0 Å². The molecular weight excluding hydrogens is 417 g/mol. The Morgan fingerprint density at radius 3 is 2.53 bits per heavy atom. The fourth-order valence-electron chi connectivity index (χ4n) is 4.45. The second-order valence-electron chi connectivity index (χ2n) is 7.79. The lowest BCUT2D eigenvalue weighted by molar-refractivity contribution is -0.141. The number of pyridine rings is 1. The topological polar surface area (TPSA) is 60.2 Å². The van der Waals surface area contributed by atoms with Crippen LogP contribution < -0.4 is 4.90 Å². The Morgan fingerprint density at radius 2 is 1.91 bits per heavy atom. The summed E-state index contributed by atoms with van der Waals surface area (Å²) in [6.07, 6.45) is 0.663. The number of urea groups is 1. The Bertz CT molecular complexity index is 1160. The van der Waals surface area contributed by atoms with Crippen LogP contribution in [0.4, 0.5) is 23.7 Å². The van der Waals surface area contributed by atoms with E-state index in [0.29, 0.717) is 17.7 Å². The summed E-state index contributed by atoms with van der Waals surface area (Å²) in [5.41, 5.74) is 3.17. The van der Waals surface area contributed by atoms with Gasteiger partial charge in [0.25, 0.3) is 0 Å². The summed E-state index contributed by atoms with van der Waals surface area (Å²) in [5, 5.41) is 9.12. The predicted molar refractivity (Wildman–Crippen MR) is 113 cm³/mol. The molecule has 5 nitrogen and oxygen atoms in total. The van der Waals surface area contributed by atoms with Crippen LogP contribution >= 0.6 is 0 Å². The van der Waals surface area contributed by atoms with Crippen LogP contribution in [0.2, 0.25) is 0 Å². The lowest BCUT2D eigenvalue weighted by atomic mass is 9.81. The third-order valence-electron chi connectivity index (χ3n) is 5.94. The molecule has 1 aromatic carbocycles. The van der Waals surface area contributed by atoms with Crippen molar-refractivity contribution < 1.29 is 18.0 Å². The van der Waals surface area contributed by atoms with Gasteiger partial charge < -0.3 is 4.90 Å². The van der Waals surface area contributed by atoms with E-state index in [-0.39, 0.29) is 5.69 Å². The van der Waals surface area contributed by atoms with Crippen molar-refractivity contribution in [3.05, 3.63) is 82.3 Å². The number of alkyl halides is 3. The van der Waals surface area contributed by atoms with Gasteiger partial charge in [-0.05, 0) is 61.6 Å². The summed E-state index contributed by atoms with van der Waals surface area (Å²) < 4.78 is 39.9. The van der Waals surface area contributed by atoms with Crippen LogP contribution in [0, 0.1) is 11.3 Å². The molecular formula is C24H21F3N4O. The molecule has 0 bridgehead atoms. The van der Waals surface area contributed by atoms with Crippen molar-refractivity contribution in [1.29, 1.82) is 5.26 Å². The predicted octanol–water partition coefficient (Wildman–Crippen LogP) is 5.97. The monoisotopic (exact) mass is 438 g/mol. The highest BCUT2D eigenvalue weighted by Gasteiger charge is 2.42. The second kappa shape index (κ2) is 8.15. The van der Waals surface area contributed by atoms with Gasteiger partial charge in [-0.25, -0.2) is 4.79 Å². The van der Waals surface area contributed by atoms with Crippen molar-refractivity contribution >= 4 is 11.7 Å². The zero-order valence-electron chi connectivity index (χ0n) is 17.6. The van der Waals surface area contributed by atoms with Crippen LogP contribution in [0.15, 0.2) is 65.5 Å². The molecule has 0 saturated carbocycles. The highest BCUT2D eigenvalue weighted by molar-refractivity contribution is 5.97. The SMILES string of the molecule is CC=C1CCCC2=C1C(c1ccc(C#N)cc1)N(C)C(=O)N2c1ccnc(C(F)(F)F)c1. The number of anilines is 1. The van der Waals surface area contributed by atoms with E-state index in [0.717, 1.165) is 41.8 Å². The van der Waals surface area contributed by atoms with Crippen molar-refractivity contribution in [2.75, 3.05) is 11.9 Å². The summed E-state index contributed by atoms with van der Waals surface area (Å²) in [5.74, 6) is 0. The Kier molecular flexibility index (Phi) is 5.51. The summed E-state index contributed by atoms with van der Waals surface area (Å²) in [7, 11) is 1.65. The van der Waals surface area contributed by atoms with Crippen molar-refractivity contribution in [2.24, 2.45) is 0 Å². The van der Waals surface area contributed by atoms with Crippen LogP contribution in [0.25, 0.3) is 0 Å². The first-order valence-corrected chi connectivity index (χ1v) is 10.2. The lowest BCUT2D eigenvalue weighted by Gasteiger charge is -2.45. The Labute approximate surface area is 184 Å². The van der Waals surface area contributed by atoms with Gasteiger partial charge in [0.1, 0.15) is 5.69 Å². The number of allylic oxidation sites excluding steroid dienone is 2. The van der Waals surface area contributed by atoms with E-state index in [1.807, 2.05) is 25.1 Å². The quantitative estimate of drug-likeness (QED) is 0.580. The Hall–Kier alpha value is -3.60. The smallest absolute Gasteiger partial charge is 0.316 e. The molecule has 0 spiro atoms. The largest absolute Gasteiger partial charge is 0.433 e. The molecule has 0 fully saturated rings. The number of hydrogen-bond acceptors (Lipinski definition) is 3. The molecule has 4 rings (SSSR count). The molecule has 1 aromatic heterocycles. The zero-order valence-corrected chi connectivity index (χ0v) is 17.6. The zero-order chi connectivity index (χ0) is 23.0. The fourth-order valence-corrected chi connectivity index (χ4v) is 4.45. The molecule has 32 heavy (non-hydrogen) atoms. The van der Waals surface area contributed by atoms with E-state index < -0.39 is 23.9 Å². The number of nitrogens with zero attached hydrogens (tertiary/aromatic N) is 4. The normalized spacial score (nSPS) is 20.4. The number of likely N-dealkylation sites (N-methyl/N-ethyl adjacent to an activating group) is 1. The molecule has 2 aliphatic rings. The maximum atomic E-state index is 13.5. The van der Waals surface area contributed by atoms with E-state index in [1.54, 1.807) is 24.1 Å². The maximum Gasteiger partial charge on any atom is 0.433 e. The van der Waals surface area contributed by atoms with Gasteiger partial charge in [-0.15, -0.1) is 0 Å². The maximum absolute atomic E-state index is 13.5. The number of halogens is 3. The van der Waals surface area contributed by atoms with Gasteiger partial charge in [0.15, 0.2) is 0 Å². The number of benzene rings is 1. The van der Waals surface area contributed by atoms with Gasteiger partial charge >= 0.3 is 12.2 Å². The summed E-state index contributed by atoms with van der Waals surface area (Å²) in [6.45, 7) is 1.93. The third kappa shape index (κ3) is 3.64. The first-order valence-electron chi connectivity index (χ1n) is 10.2. The van der Waals surface area contributed by atoms with E-state index in [1.165, 1.54) is 11.0 Å². The molecule has 1 atom stereocenters. The number of carbonyl (C=O) groups excluding carboxylic acids is 1.